The lowest BCUT2D eigenvalue weighted by atomic mass is 10.2. The number of nitrogens with one attached hydrogen (secondary N) is 1. The number of carbonyl (C=O) groups is 2. The van der Waals surface area contributed by atoms with E-state index in [1.807, 2.05) is 42.5 Å². The number of methoxy groups -OCH3 is 1. The number of hydrogen-bond acceptors (Lipinski definition) is 7. The Bertz CT molecular complexity index is 1190. The van der Waals surface area contributed by atoms with Gasteiger partial charge in [0.1, 0.15) is 5.03 Å². The fourth-order valence-electron chi connectivity index (χ4n) is 2.76. The lowest BCUT2D eigenvalue weighted by Crippen LogP contribution is -2.14. The van der Waals surface area contributed by atoms with Gasteiger partial charge in [0.2, 0.25) is 5.91 Å². The Morgan fingerprint density at radius 1 is 1.00 bits per heavy atom. The summed E-state index contributed by atoms with van der Waals surface area (Å²) >= 11 is 1.31. The van der Waals surface area contributed by atoms with E-state index in [-0.39, 0.29) is 11.7 Å². The van der Waals surface area contributed by atoms with E-state index in [0.29, 0.717) is 27.7 Å². The summed E-state index contributed by atoms with van der Waals surface area (Å²) in [4.78, 5) is 23.7. The SMILES string of the molecule is COC(=O)c1ccc(NC(=O)CSc2ccc3nnc(-c4ccccc4)n3n2)cc1. The number of fused-ring (bicyclic) bond motifs is 1. The van der Waals surface area contributed by atoms with Gasteiger partial charge in [0.25, 0.3) is 0 Å². The number of rotatable bonds is 6. The van der Waals surface area contributed by atoms with E-state index in [2.05, 4.69) is 25.3 Å². The molecule has 0 radical (unpaired) electrons. The predicted molar refractivity (Wildman–Crippen MR) is 113 cm³/mol. The third-order valence-electron chi connectivity index (χ3n) is 4.21. The van der Waals surface area contributed by atoms with Crippen LogP contribution in [0.25, 0.3) is 17.0 Å². The van der Waals surface area contributed by atoms with Crippen LogP contribution >= 0.6 is 11.8 Å². The first kappa shape index (κ1) is 19.6. The number of carbonyl (C=O) groups excluding carboxylic acids is 2. The van der Waals surface area contributed by atoms with Crippen molar-refractivity contribution in [2.75, 3.05) is 18.2 Å². The topological polar surface area (TPSA) is 98.5 Å². The molecule has 1 N–H and O–H groups in total. The van der Waals surface area contributed by atoms with Gasteiger partial charge in [-0.1, -0.05) is 42.1 Å². The minimum atomic E-state index is -0.422. The molecule has 9 heteroatoms. The van der Waals surface area contributed by atoms with Crippen molar-refractivity contribution in [1.82, 2.24) is 19.8 Å². The van der Waals surface area contributed by atoms with E-state index in [4.69, 9.17) is 0 Å². The highest BCUT2D eigenvalue weighted by atomic mass is 32.2. The molecule has 2 heterocycles. The molecule has 0 aliphatic heterocycles. The fourth-order valence-corrected chi connectivity index (χ4v) is 3.42. The molecule has 0 aliphatic rings. The molecular formula is C21H17N5O3S. The second kappa shape index (κ2) is 8.75. The zero-order chi connectivity index (χ0) is 20.9. The Balaban J connectivity index is 1.42. The normalized spacial score (nSPS) is 10.7. The Kier molecular flexibility index (Phi) is 5.71. The van der Waals surface area contributed by atoms with Crippen molar-refractivity contribution in [2.45, 2.75) is 5.03 Å². The molecule has 4 rings (SSSR count). The summed E-state index contributed by atoms with van der Waals surface area (Å²) < 4.78 is 6.33. The number of ether oxygens (including phenoxy) is 1. The lowest BCUT2D eigenvalue weighted by Gasteiger charge is -2.06. The molecule has 8 nitrogen and oxygen atoms in total. The molecule has 2 aromatic heterocycles. The van der Waals surface area contributed by atoms with Crippen LogP contribution in [-0.2, 0) is 9.53 Å². The van der Waals surface area contributed by atoms with Crippen LogP contribution in [-0.4, -0.2) is 44.6 Å². The molecule has 4 aromatic rings. The van der Waals surface area contributed by atoms with Crippen LogP contribution in [0.15, 0.2) is 71.8 Å². The summed E-state index contributed by atoms with van der Waals surface area (Å²) in [5.74, 6) is 0.219. The smallest absolute Gasteiger partial charge is 0.337 e. The summed E-state index contributed by atoms with van der Waals surface area (Å²) in [6, 6.07) is 19.8. The number of aromatic nitrogens is 4. The Labute approximate surface area is 176 Å². The van der Waals surface area contributed by atoms with Gasteiger partial charge in [-0.3, -0.25) is 4.79 Å². The van der Waals surface area contributed by atoms with Gasteiger partial charge in [-0.15, -0.1) is 10.2 Å². The van der Waals surface area contributed by atoms with Crippen molar-refractivity contribution in [2.24, 2.45) is 0 Å². The first-order valence-corrected chi connectivity index (χ1v) is 10.0. The van der Waals surface area contributed by atoms with Crippen LogP contribution in [0.4, 0.5) is 5.69 Å². The van der Waals surface area contributed by atoms with E-state index in [0.717, 1.165) is 5.56 Å². The van der Waals surface area contributed by atoms with Gasteiger partial charge in [0, 0.05) is 11.3 Å². The first-order chi connectivity index (χ1) is 14.6. The van der Waals surface area contributed by atoms with Crippen molar-refractivity contribution in [3.63, 3.8) is 0 Å². The van der Waals surface area contributed by atoms with Crippen LogP contribution in [0.2, 0.25) is 0 Å². The molecule has 0 atom stereocenters. The standard InChI is InChI=1S/C21H17N5O3S/c1-29-21(28)15-7-9-16(10-8-15)22-18(27)13-30-19-12-11-17-23-24-20(26(17)25-19)14-5-3-2-4-6-14/h2-12H,13H2,1H3,(H,22,27). The van der Waals surface area contributed by atoms with Crippen LogP contribution in [0.5, 0.6) is 0 Å². The first-order valence-electron chi connectivity index (χ1n) is 9.03. The maximum atomic E-state index is 12.3. The van der Waals surface area contributed by atoms with Gasteiger partial charge in [0.15, 0.2) is 11.5 Å². The monoisotopic (exact) mass is 419 g/mol. The average Bonchev–Trinajstić information content (AvgIpc) is 3.21. The molecule has 150 valence electrons. The number of hydrogen-bond donors (Lipinski definition) is 1. The highest BCUT2D eigenvalue weighted by molar-refractivity contribution is 7.99. The molecule has 0 saturated carbocycles. The summed E-state index contributed by atoms with van der Waals surface area (Å²) in [6.07, 6.45) is 0. The van der Waals surface area contributed by atoms with E-state index in [1.165, 1.54) is 18.9 Å². The van der Waals surface area contributed by atoms with E-state index in [9.17, 15) is 9.59 Å². The van der Waals surface area contributed by atoms with Crippen molar-refractivity contribution in [3.05, 3.63) is 72.3 Å². The maximum Gasteiger partial charge on any atom is 0.337 e. The van der Waals surface area contributed by atoms with Crippen molar-refractivity contribution in [3.8, 4) is 11.4 Å². The number of thioether (sulfide) groups is 1. The third-order valence-corrected chi connectivity index (χ3v) is 5.13. The Morgan fingerprint density at radius 3 is 2.50 bits per heavy atom. The molecular weight excluding hydrogens is 402 g/mol. The maximum absolute atomic E-state index is 12.3. The fraction of sp³-hybridized carbons (Fsp3) is 0.0952. The summed E-state index contributed by atoms with van der Waals surface area (Å²) in [5, 5.41) is 16.4. The zero-order valence-corrected chi connectivity index (χ0v) is 16.8. The molecule has 0 saturated heterocycles. The molecule has 1 amide bonds. The summed E-state index contributed by atoms with van der Waals surface area (Å²) in [6.45, 7) is 0. The van der Waals surface area contributed by atoms with Crippen molar-refractivity contribution >= 4 is 35.0 Å². The average molecular weight is 419 g/mol. The Morgan fingerprint density at radius 2 is 1.77 bits per heavy atom. The zero-order valence-electron chi connectivity index (χ0n) is 16.0. The highest BCUT2D eigenvalue weighted by Gasteiger charge is 2.11. The quantitative estimate of drug-likeness (QED) is 0.378. The molecule has 30 heavy (non-hydrogen) atoms. The van der Waals surface area contributed by atoms with Gasteiger partial charge >= 0.3 is 5.97 Å². The van der Waals surface area contributed by atoms with E-state index < -0.39 is 5.97 Å². The van der Waals surface area contributed by atoms with Crippen LogP contribution in [0, 0.1) is 0 Å². The molecule has 0 unspecified atom stereocenters. The molecule has 0 aliphatic carbocycles. The van der Waals surface area contributed by atoms with Gasteiger partial charge in [-0.05, 0) is 36.4 Å². The van der Waals surface area contributed by atoms with E-state index in [1.54, 1.807) is 28.8 Å². The number of benzene rings is 2. The van der Waals surface area contributed by atoms with Crippen LogP contribution in [0.1, 0.15) is 10.4 Å². The number of amides is 1. The van der Waals surface area contributed by atoms with E-state index >= 15 is 0 Å². The summed E-state index contributed by atoms with van der Waals surface area (Å²) in [5.41, 5.74) is 2.56. The van der Waals surface area contributed by atoms with Gasteiger partial charge in [-0.2, -0.15) is 9.61 Å². The molecule has 0 fully saturated rings. The molecule has 2 aromatic carbocycles. The van der Waals surface area contributed by atoms with Gasteiger partial charge in [0.05, 0.1) is 18.4 Å². The molecule has 0 bridgehead atoms. The predicted octanol–water partition coefficient (Wildman–Crippen LogP) is 3.31. The largest absolute Gasteiger partial charge is 0.465 e. The van der Waals surface area contributed by atoms with Crippen LogP contribution in [0.3, 0.4) is 0 Å². The minimum absolute atomic E-state index is 0.181. The third kappa shape index (κ3) is 4.31. The lowest BCUT2D eigenvalue weighted by molar-refractivity contribution is -0.113. The van der Waals surface area contributed by atoms with Crippen molar-refractivity contribution in [1.29, 1.82) is 0 Å². The minimum Gasteiger partial charge on any atom is -0.465 e. The van der Waals surface area contributed by atoms with Crippen molar-refractivity contribution < 1.29 is 14.3 Å². The second-order valence-electron chi connectivity index (χ2n) is 6.24. The molecule has 0 spiro atoms. The second-order valence-corrected chi connectivity index (χ2v) is 7.23. The van der Waals surface area contributed by atoms with Crippen LogP contribution < -0.4 is 5.32 Å². The van der Waals surface area contributed by atoms with Gasteiger partial charge in [-0.25, -0.2) is 4.79 Å². The highest BCUT2D eigenvalue weighted by Crippen LogP contribution is 2.21. The van der Waals surface area contributed by atoms with Gasteiger partial charge < -0.3 is 10.1 Å². The Hall–Kier alpha value is -3.72. The number of esters is 1. The number of nitrogens with zero attached hydrogens (tertiary/aromatic N) is 4. The summed E-state index contributed by atoms with van der Waals surface area (Å²) in [7, 11) is 1.32. The number of anilines is 1.